The summed E-state index contributed by atoms with van der Waals surface area (Å²) in [4.78, 5) is 0. The molecule has 67 valence electrons. The fraction of sp³-hybridized carbons (Fsp3) is 0.889. The maximum Gasteiger partial charge on any atom is 0.0620 e. The minimum atomic E-state index is 0.161. The summed E-state index contributed by atoms with van der Waals surface area (Å²) < 4.78 is 5.33. The maximum atomic E-state index is 5.76. The van der Waals surface area contributed by atoms with E-state index >= 15 is 0 Å². The van der Waals surface area contributed by atoms with E-state index in [4.69, 9.17) is 10.5 Å². The van der Waals surface area contributed by atoms with Crippen LogP contribution in [-0.2, 0) is 4.74 Å². The molecule has 2 nitrogen and oxygen atoms in total. The van der Waals surface area contributed by atoms with Crippen LogP contribution < -0.4 is 5.73 Å². The van der Waals surface area contributed by atoms with Gasteiger partial charge in [0.2, 0.25) is 0 Å². The standard InChI is InChI=1S/C9H20NO/c1-7(2)5-11-6-9(10)8(3)4/h7-9H,1,5-6,10H2,2-4H3/t7?,9-/m0/s1. The van der Waals surface area contributed by atoms with E-state index in [1.807, 2.05) is 6.92 Å². The van der Waals surface area contributed by atoms with Crippen LogP contribution in [0.25, 0.3) is 0 Å². The highest BCUT2D eigenvalue weighted by Gasteiger charge is 2.07. The third-order valence-electron chi connectivity index (χ3n) is 1.57. The molecule has 2 N–H and O–H groups in total. The highest BCUT2D eigenvalue weighted by atomic mass is 16.5. The van der Waals surface area contributed by atoms with Gasteiger partial charge in [-0.25, -0.2) is 0 Å². The van der Waals surface area contributed by atoms with Crippen molar-refractivity contribution in [3.8, 4) is 0 Å². The predicted molar refractivity (Wildman–Crippen MR) is 48.2 cm³/mol. The quantitative estimate of drug-likeness (QED) is 0.657. The second-order valence-corrected chi connectivity index (χ2v) is 3.55. The van der Waals surface area contributed by atoms with Gasteiger partial charge in [-0.15, -0.1) is 0 Å². The van der Waals surface area contributed by atoms with E-state index in [1.54, 1.807) is 0 Å². The molecule has 1 unspecified atom stereocenters. The SMILES string of the molecule is [CH2]C(C)COC[C@H](N)C(C)C. The van der Waals surface area contributed by atoms with Crippen LogP contribution in [-0.4, -0.2) is 19.3 Å². The van der Waals surface area contributed by atoms with E-state index in [0.717, 1.165) is 0 Å². The molecule has 2 heteroatoms. The average Bonchev–Trinajstić information content (AvgIpc) is 1.86. The fourth-order valence-corrected chi connectivity index (χ4v) is 0.598. The minimum Gasteiger partial charge on any atom is -0.380 e. The van der Waals surface area contributed by atoms with Crippen LogP contribution in [0.4, 0.5) is 0 Å². The van der Waals surface area contributed by atoms with Crippen LogP contribution in [0.5, 0.6) is 0 Å². The zero-order valence-corrected chi connectivity index (χ0v) is 7.84. The Morgan fingerprint density at radius 1 is 1.27 bits per heavy atom. The Morgan fingerprint density at radius 3 is 2.18 bits per heavy atom. The molecule has 0 amide bonds. The van der Waals surface area contributed by atoms with Gasteiger partial charge in [-0.1, -0.05) is 20.8 Å². The van der Waals surface area contributed by atoms with Gasteiger partial charge in [0.15, 0.2) is 0 Å². The molecular formula is C9H20NO. The van der Waals surface area contributed by atoms with Crippen molar-refractivity contribution in [2.45, 2.75) is 26.8 Å². The molecule has 0 heterocycles. The van der Waals surface area contributed by atoms with Crippen LogP contribution in [0.2, 0.25) is 0 Å². The highest BCUT2D eigenvalue weighted by Crippen LogP contribution is 1.99. The van der Waals surface area contributed by atoms with Gasteiger partial charge in [-0.2, -0.15) is 0 Å². The minimum absolute atomic E-state index is 0.161. The Hall–Kier alpha value is -0.0800. The molecule has 0 aliphatic carbocycles. The van der Waals surface area contributed by atoms with Gasteiger partial charge in [-0.3, -0.25) is 0 Å². The largest absolute Gasteiger partial charge is 0.380 e. The lowest BCUT2D eigenvalue weighted by Gasteiger charge is -2.16. The van der Waals surface area contributed by atoms with Gasteiger partial charge in [0.25, 0.3) is 0 Å². The summed E-state index contributed by atoms with van der Waals surface area (Å²) in [6, 6.07) is 0.161. The van der Waals surface area contributed by atoms with Crippen LogP contribution in [0.15, 0.2) is 0 Å². The van der Waals surface area contributed by atoms with E-state index in [0.29, 0.717) is 25.0 Å². The number of rotatable bonds is 5. The zero-order valence-electron chi connectivity index (χ0n) is 7.84. The Bertz CT molecular complexity index is 91.6. The van der Waals surface area contributed by atoms with Crippen LogP contribution in [0.3, 0.4) is 0 Å². The summed E-state index contributed by atoms with van der Waals surface area (Å²) in [6.07, 6.45) is 0. The van der Waals surface area contributed by atoms with Crippen molar-refractivity contribution in [3.63, 3.8) is 0 Å². The smallest absolute Gasteiger partial charge is 0.0620 e. The molecule has 0 fully saturated rings. The van der Waals surface area contributed by atoms with Gasteiger partial charge in [-0.05, 0) is 18.8 Å². The molecule has 0 aromatic rings. The van der Waals surface area contributed by atoms with E-state index < -0.39 is 0 Å². The Balaban J connectivity index is 3.24. The van der Waals surface area contributed by atoms with E-state index in [1.165, 1.54) is 0 Å². The summed E-state index contributed by atoms with van der Waals surface area (Å²) in [5.41, 5.74) is 5.76. The summed E-state index contributed by atoms with van der Waals surface area (Å²) in [5, 5.41) is 0. The monoisotopic (exact) mass is 158 g/mol. The fourth-order valence-electron chi connectivity index (χ4n) is 0.598. The number of ether oxygens (including phenoxy) is 1. The van der Waals surface area contributed by atoms with Crippen molar-refractivity contribution >= 4 is 0 Å². The first-order valence-corrected chi connectivity index (χ1v) is 4.20. The van der Waals surface area contributed by atoms with E-state index in [-0.39, 0.29) is 6.04 Å². The molecule has 2 atom stereocenters. The predicted octanol–water partition coefficient (Wildman–Crippen LogP) is 1.46. The normalized spacial score (nSPS) is 14.5. The van der Waals surface area contributed by atoms with Crippen molar-refractivity contribution in [2.75, 3.05) is 13.2 Å². The van der Waals surface area contributed by atoms with Gasteiger partial charge in [0, 0.05) is 12.6 Å². The van der Waals surface area contributed by atoms with Gasteiger partial charge in [0.1, 0.15) is 0 Å². The Kier molecular flexibility index (Phi) is 5.51. The first-order valence-electron chi connectivity index (χ1n) is 4.20. The van der Waals surface area contributed by atoms with E-state index in [9.17, 15) is 0 Å². The van der Waals surface area contributed by atoms with Crippen molar-refractivity contribution in [1.82, 2.24) is 0 Å². The van der Waals surface area contributed by atoms with Gasteiger partial charge < -0.3 is 10.5 Å². The number of hydrogen-bond acceptors (Lipinski definition) is 2. The second kappa shape index (κ2) is 5.56. The molecule has 0 saturated heterocycles. The molecule has 0 spiro atoms. The summed E-state index contributed by atoms with van der Waals surface area (Å²) in [6.45, 7) is 11.4. The van der Waals surface area contributed by atoms with E-state index in [2.05, 4.69) is 20.8 Å². The molecule has 11 heavy (non-hydrogen) atoms. The van der Waals surface area contributed by atoms with Crippen molar-refractivity contribution < 1.29 is 4.74 Å². The Morgan fingerprint density at radius 2 is 1.82 bits per heavy atom. The van der Waals surface area contributed by atoms with Crippen molar-refractivity contribution in [2.24, 2.45) is 17.6 Å². The molecule has 0 rings (SSSR count). The lowest BCUT2D eigenvalue weighted by atomic mass is 10.1. The molecule has 0 bridgehead atoms. The third kappa shape index (κ3) is 6.32. The van der Waals surface area contributed by atoms with Gasteiger partial charge in [0.05, 0.1) is 6.61 Å². The lowest BCUT2D eigenvalue weighted by Crippen LogP contribution is -2.32. The topological polar surface area (TPSA) is 35.2 Å². The number of hydrogen-bond donors (Lipinski definition) is 1. The summed E-state index contributed by atoms with van der Waals surface area (Å²) >= 11 is 0. The molecule has 0 aliphatic rings. The molecule has 0 aliphatic heterocycles. The highest BCUT2D eigenvalue weighted by molar-refractivity contribution is 4.64. The van der Waals surface area contributed by atoms with Gasteiger partial charge >= 0.3 is 0 Å². The summed E-state index contributed by atoms with van der Waals surface area (Å²) in [5.74, 6) is 0.851. The zero-order chi connectivity index (χ0) is 8.85. The van der Waals surface area contributed by atoms with Crippen molar-refractivity contribution in [1.29, 1.82) is 0 Å². The molecule has 1 radical (unpaired) electrons. The molecule has 0 saturated carbocycles. The van der Waals surface area contributed by atoms with Crippen LogP contribution in [0.1, 0.15) is 20.8 Å². The molecular weight excluding hydrogens is 138 g/mol. The second-order valence-electron chi connectivity index (χ2n) is 3.55. The first-order chi connectivity index (χ1) is 5.04. The first kappa shape index (κ1) is 10.9. The van der Waals surface area contributed by atoms with Crippen molar-refractivity contribution in [3.05, 3.63) is 6.92 Å². The molecule has 0 aromatic heterocycles. The van der Waals surface area contributed by atoms with Crippen LogP contribution in [0, 0.1) is 18.8 Å². The Labute approximate surface area is 70.1 Å². The average molecular weight is 158 g/mol. The molecule has 0 aromatic carbocycles. The number of nitrogens with two attached hydrogens (primary N) is 1. The van der Waals surface area contributed by atoms with Crippen LogP contribution >= 0.6 is 0 Å². The lowest BCUT2D eigenvalue weighted by molar-refractivity contribution is 0.0944. The maximum absolute atomic E-state index is 5.76. The third-order valence-corrected chi connectivity index (χ3v) is 1.57. The summed E-state index contributed by atoms with van der Waals surface area (Å²) in [7, 11) is 0.